The van der Waals surface area contributed by atoms with E-state index in [1.165, 1.54) is 19.4 Å². The van der Waals surface area contributed by atoms with Crippen LogP contribution in [0.3, 0.4) is 0 Å². The van der Waals surface area contributed by atoms with Crippen molar-refractivity contribution in [3.63, 3.8) is 0 Å². The molecule has 1 saturated carbocycles. The van der Waals surface area contributed by atoms with Gasteiger partial charge < -0.3 is 15.4 Å². The maximum atomic E-state index is 12.4. The van der Waals surface area contributed by atoms with Crippen molar-refractivity contribution in [2.75, 3.05) is 19.4 Å². The molecule has 144 valence electrons. The van der Waals surface area contributed by atoms with Crippen molar-refractivity contribution in [3.8, 4) is 17.0 Å². The summed E-state index contributed by atoms with van der Waals surface area (Å²) in [5, 5.41) is 21.0. The number of hydrogen-bond acceptors (Lipinski definition) is 8. The van der Waals surface area contributed by atoms with Crippen LogP contribution in [0.5, 0.6) is 5.75 Å². The molecule has 0 saturated heterocycles. The third-order valence-corrected chi connectivity index (χ3v) is 4.31. The fourth-order valence-electron chi connectivity index (χ4n) is 2.66. The van der Waals surface area contributed by atoms with Crippen LogP contribution in [0.1, 0.15) is 33.5 Å². The van der Waals surface area contributed by atoms with Gasteiger partial charge in [-0.25, -0.2) is 0 Å². The molecular weight excluding hydrogens is 384 g/mol. The highest BCUT2D eigenvalue weighted by molar-refractivity contribution is 6.29. The van der Waals surface area contributed by atoms with Gasteiger partial charge in [0.2, 0.25) is 0 Å². The lowest BCUT2D eigenvalue weighted by Gasteiger charge is -2.15. The van der Waals surface area contributed by atoms with Gasteiger partial charge >= 0.3 is 0 Å². The number of halogens is 1. The minimum atomic E-state index is -2.69. The van der Waals surface area contributed by atoms with E-state index in [4.69, 9.17) is 20.5 Å². The zero-order valence-electron chi connectivity index (χ0n) is 17.7. The number of ether oxygens (including phenoxy) is 1. The second kappa shape index (κ2) is 7.39. The summed E-state index contributed by atoms with van der Waals surface area (Å²) in [6, 6.07) is 1.66. The third kappa shape index (κ3) is 3.46. The Kier molecular flexibility index (Phi) is 3.89. The monoisotopic (exact) mass is 403 g/mol. The lowest BCUT2D eigenvalue weighted by atomic mass is 10.1. The van der Waals surface area contributed by atoms with Gasteiger partial charge in [-0.15, -0.1) is 10.2 Å². The van der Waals surface area contributed by atoms with Gasteiger partial charge in [0.1, 0.15) is 11.4 Å². The highest BCUT2D eigenvalue weighted by Crippen LogP contribution is 2.38. The first-order valence-electron chi connectivity index (χ1n) is 9.82. The molecule has 0 aliphatic heterocycles. The quantitative estimate of drug-likeness (QED) is 0.642. The van der Waals surface area contributed by atoms with Crippen molar-refractivity contribution in [1.82, 2.24) is 35.5 Å². The van der Waals surface area contributed by atoms with E-state index in [1.54, 1.807) is 17.2 Å². The van der Waals surface area contributed by atoms with Crippen LogP contribution in [0.25, 0.3) is 11.3 Å². The van der Waals surface area contributed by atoms with Gasteiger partial charge in [-0.2, -0.15) is 15.0 Å². The molecule has 3 aromatic heterocycles. The Labute approximate surface area is 169 Å². The maximum absolute atomic E-state index is 12.4. The zero-order valence-corrected chi connectivity index (χ0v) is 15.4. The van der Waals surface area contributed by atoms with E-state index >= 15 is 0 Å². The topological polar surface area (TPSA) is 120 Å². The average molecular weight is 404 g/mol. The molecular formula is C17H17ClN8O2. The minimum absolute atomic E-state index is 0.00314. The van der Waals surface area contributed by atoms with Gasteiger partial charge in [0.25, 0.3) is 5.91 Å². The molecule has 28 heavy (non-hydrogen) atoms. The van der Waals surface area contributed by atoms with E-state index in [9.17, 15) is 4.79 Å². The van der Waals surface area contributed by atoms with Gasteiger partial charge in [-0.1, -0.05) is 11.6 Å². The van der Waals surface area contributed by atoms with E-state index in [1.807, 2.05) is 5.32 Å². The first kappa shape index (κ1) is 14.7. The highest BCUT2D eigenvalue weighted by atomic mass is 35.5. The van der Waals surface area contributed by atoms with Crippen LogP contribution >= 0.6 is 11.6 Å². The van der Waals surface area contributed by atoms with Crippen molar-refractivity contribution in [2.45, 2.75) is 18.9 Å². The summed E-state index contributed by atoms with van der Waals surface area (Å²) in [5.74, 6) is -0.546. The molecule has 0 unspecified atom stereocenters. The van der Waals surface area contributed by atoms with Gasteiger partial charge in [-0.3, -0.25) is 9.78 Å². The molecule has 0 aromatic carbocycles. The molecule has 1 aliphatic carbocycles. The Balaban J connectivity index is 1.69. The third-order valence-electron chi connectivity index (χ3n) is 4.12. The summed E-state index contributed by atoms with van der Waals surface area (Å²) in [6.07, 6.45) is 6.78. The molecule has 0 spiro atoms. The van der Waals surface area contributed by atoms with Gasteiger partial charge in [-0.05, 0) is 12.8 Å². The largest absolute Gasteiger partial charge is 0.494 e. The highest BCUT2D eigenvalue weighted by Gasteiger charge is 2.26. The number of nitrogens with zero attached hydrogens (tertiary/aromatic N) is 6. The van der Waals surface area contributed by atoms with Crippen LogP contribution in [0, 0.1) is 0 Å². The summed E-state index contributed by atoms with van der Waals surface area (Å²) in [4.78, 5) is 18.3. The van der Waals surface area contributed by atoms with E-state index in [2.05, 4.69) is 30.7 Å². The number of carbonyl (C=O) groups excluding carboxylic acids is 1. The normalized spacial score (nSPS) is 15.3. The number of methoxy groups -OCH3 is 1. The van der Waals surface area contributed by atoms with Gasteiger partial charge in [0, 0.05) is 23.4 Å². The zero-order chi connectivity index (χ0) is 22.2. The second-order valence-corrected chi connectivity index (χ2v) is 6.44. The molecule has 3 aromatic rings. The number of anilines is 2. The van der Waals surface area contributed by atoms with Crippen LogP contribution in [-0.2, 0) is 0 Å². The minimum Gasteiger partial charge on any atom is -0.494 e. The maximum Gasteiger partial charge on any atom is 0.273 e. The number of hydrogen-bond donors (Lipinski definition) is 2. The van der Waals surface area contributed by atoms with E-state index in [-0.39, 0.29) is 16.5 Å². The van der Waals surface area contributed by atoms with Crippen molar-refractivity contribution in [1.29, 1.82) is 0 Å². The van der Waals surface area contributed by atoms with Crippen molar-refractivity contribution >= 4 is 28.9 Å². The SMILES string of the molecule is [2H]C([2H])([2H])NC(=O)c1nnc(Cl)cc1Nc1cncc(-c2cnn(C3CC3)n2)c1OC. The molecule has 0 atom stereocenters. The summed E-state index contributed by atoms with van der Waals surface area (Å²) in [6.45, 7) is -2.69. The predicted octanol–water partition coefficient (Wildman–Crippen LogP) is 2.23. The number of carbonyl (C=O) groups is 1. The lowest BCUT2D eigenvalue weighted by molar-refractivity contribution is 0.0958. The molecule has 11 heteroatoms. The number of rotatable bonds is 6. The fourth-order valence-corrected chi connectivity index (χ4v) is 2.80. The summed E-state index contributed by atoms with van der Waals surface area (Å²) < 4.78 is 27.3. The first-order valence-corrected chi connectivity index (χ1v) is 8.70. The van der Waals surface area contributed by atoms with E-state index in [0.717, 1.165) is 12.8 Å². The Morgan fingerprint density at radius 2 is 2.18 bits per heavy atom. The van der Waals surface area contributed by atoms with E-state index in [0.29, 0.717) is 28.7 Å². The van der Waals surface area contributed by atoms with Crippen LogP contribution in [-0.4, -0.2) is 50.2 Å². The van der Waals surface area contributed by atoms with Gasteiger partial charge in [0.05, 0.1) is 36.8 Å². The fraction of sp³-hybridized carbons (Fsp3) is 0.294. The summed E-state index contributed by atoms with van der Waals surface area (Å²) >= 11 is 5.94. The summed E-state index contributed by atoms with van der Waals surface area (Å²) in [7, 11) is 1.48. The standard InChI is InChI=1S/C17H17ClN8O2/c1-19-17(27)15-11(5-14(18)23-24-15)22-13-7-20-6-10(16(13)28-2)12-8-21-26(25-12)9-3-4-9/h5-9H,3-4H2,1-2H3,(H,19,27)(H,22,23)/i1D3. The molecule has 4 rings (SSSR count). The Morgan fingerprint density at radius 3 is 2.93 bits per heavy atom. The van der Waals surface area contributed by atoms with Crippen molar-refractivity contribution < 1.29 is 13.6 Å². The van der Waals surface area contributed by atoms with E-state index < -0.39 is 12.9 Å². The number of aromatic nitrogens is 6. The molecule has 2 N–H and O–H groups in total. The molecule has 1 aliphatic rings. The summed E-state index contributed by atoms with van der Waals surface area (Å²) in [5.41, 5.74) is 1.41. The molecule has 3 heterocycles. The molecule has 10 nitrogen and oxygen atoms in total. The van der Waals surface area contributed by atoms with Crippen LogP contribution < -0.4 is 15.4 Å². The van der Waals surface area contributed by atoms with Crippen molar-refractivity contribution in [3.05, 3.63) is 35.5 Å². The number of amides is 1. The van der Waals surface area contributed by atoms with Gasteiger partial charge in [0.15, 0.2) is 16.6 Å². The average Bonchev–Trinajstić information content (AvgIpc) is 3.43. The lowest BCUT2D eigenvalue weighted by Crippen LogP contribution is -2.21. The van der Waals surface area contributed by atoms with Crippen LogP contribution in [0.4, 0.5) is 11.4 Å². The van der Waals surface area contributed by atoms with Crippen molar-refractivity contribution in [2.24, 2.45) is 0 Å². The molecule has 0 radical (unpaired) electrons. The number of nitrogens with one attached hydrogen (secondary N) is 2. The van der Waals surface area contributed by atoms with Crippen LogP contribution in [0.15, 0.2) is 24.7 Å². The van der Waals surface area contributed by atoms with Crippen LogP contribution in [0.2, 0.25) is 5.15 Å². The molecule has 0 bridgehead atoms. The molecule has 1 amide bonds. The Morgan fingerprint density at radius 1 is 1.32 bits per heavy atom. The predicted molar refractivity (Wildman–Crippen MR) is 102 cm³/mol. The smallest absolute Gasteiger partial charge is 0.273 e. The Hall–Kier alpha value is -3.27. The second-order valence-electron chi connectivity index (χ2n) is 6.06. The first-order chi connectivity index (χ1) is 14.7. The number of pyridine rings is 1. The molecule has 1 fully saturated rings. The Bertz CT molecular complexity index is 1130.